The summed E-state index contributed by atoms with van der Waals surface area (Å²) in [7, 11) is 0. The predicted molar refractivity (Wildman–Crippen MR) is 90.4 cm³/mol. The lowest BCUT2D eigenvalue weighted by atomic mass is 10.1. The Morgan fingerprint density at radius 2 is 1.39 bits per heavy atom. The number of aromatic carboxylic acids is 1. The Balaban J connectivity index is 0.000000140. The normalized spacial score (nSPS) is 10.1. The number of rotatable bonds is 1. The molecule has 0 aliphatic heterocycles. The first kappa shape index (κ1) is 14.7. The van der Waals surface area contributed by atoms with Crippen LogP contribution in [0.1, 0.15) is 10.4 Å². The SMILES string of the molecule is O=C(O)c1cccc2cccnc12.c1ccc2ncccc2c1. The largest absolute Gasteiger partial charge is 0.478 e. The van der Waals surface area contributed by atoms with Crippen molar-refractivity contribution in [1.82, 2.24) is 9.97 Å². The number of hydrogen-bond donors (Lipinski definition) is 1. The number of fused-ring (bicyclic) bond motifs is 2. The highest BCUT2D eigenvalue weighted by Gasteiger charge is 2.07. The van der Waals surface area contributed by atoms with E-state index in [9.17, 15) is 4.79 Å². The summed E-state index contributed by atoms with van der Waals surface area (Å²) < 4.78 is 0. The maximum absolute atomic E-state index is 10.8. The fraction of sp³-hybridized carbons (Fsp3) is 0. The summed E-state index contributed by atoms with van der Waals surface area (Å²) in [6.45, 7) is 0. The van der Waals surface area contributed by atoms with E-state index < -0.39 is 5.97 Å². The summed E-state index contributed by atoms with van der Waals surface area (Å²) in [5.41, 5.74) is 1.85. The molecule has 4 aromatic rings. The Labute approximate surface area is 133 Å². The van der Waals surface area contributed by atoms with Crippen LogP contribution >= 0.6 is 0 Å². The Morgan fingerprint density at radius 1 is 0.739 bits per heavy atom. The lowest BCUT2D eigenvalue weighted by Crippen LogP contribution is -1.97. The second-order valence-corrected chi connectivity index (χ2v) is 4.88. The van der Waals surface area contributed by atoms with E-state index in [0.29, 0.717) is 5.52 Å². The maximum atomic E-state index is 10.8. The topological polar surface area (TPSA) is 63.1 Å². The number of nitrogens with zero attached hydrogens (tertiary/aromatic N) is 2. The molecule has 2 heterocycles. The van der Waals surface area contributed by atoms with E-state index in [4.69, 9.17) is 5.11 Å². The van der Waals surface area contributed by atoms with Gasteiger partial charge in [0.05, 0.1) is 16.6 Å². The molecule has 0 spiro atoms. The molecule has 4 rings (SSSR count). The van der Waals surface area contributed by atoms with E-state index >= 15 is 0 Å². The lowest BCUT2D eigenvalue weighted by Gasteiger charge is -1.99. The van der Waals surface area contributed by atoms with Gasteiger partial charge in [-0.05, 0) is 24.3 Å². The molecule has 0 saturated carbocycles. The van der Waals surface area contributed by atoms with Crippen molar-refractivity contribution in [2.24, 2.45) is 0 Å². The van der Waals surface area contributed by atoms with Crippen molar-refractivity contribution in [2.45, 2.75) is 0 Å². The maximum Gasteiger partial charge on any atom is 0.337 e. The van der Waals surface area contributed by atoms with Crippen LogP contribution in [0.4, 0.5) is 0 Å². The number of pyridine rings is 2. The number of carboxylic acid groups (broad SMARTS) is 1. The highest BCUT2D eigenvalue weighted by Crippen LogP contribution is 2.15. The van der Waals surface area contributed by atoms with Crippen LogP contribution in [0.3, 0.4) is 0 Å². The van der Waals surface area contributed by atoms with Gasteiger partial charge in [0.15, 0.2) is 0 Å². The molecule has 112 valence electrons. The number of para-hydroxylation sites is 2. The third-order valence-corrected chi connectivity index (χ3v) is 3.38. The van der Waals surface area contributed by atoms with Gasteiger partial charge in [-0.3, -0.25) is 9.97 Å². The average molecular weight is 302 g/mol. The minimum atomic E-state index is -0.940. The molecule has 0 atom stereocenters. The molecule has 2 aromatic carbocycles. The summed E-state index contributed by atoms with van der Waals surface area (Å²) in [5.74, 6) is -0.940. The summed E-state index contributed by atoms with van der Waals surface area (Å²) >= 11 is 0. The molecule has 2 aromatic heterocycles. The van der Waals surface area contributed by atoms with Crippen molar-refractivity contribution in [3.05, 3.63) is 84.7 Å². The standard InChI is InChI=1S/C10H7NO2.C9H7N/c12-10(13)8-5-1-3-7-4-2-6-11-9(7)8;1-2-6-9-8(4-1)5-3-7-10-9/h1-6H,(H,12,13);1-7H. The minimum Gasteiger partial charge on any atom is -0.478 e. The second kappa shape index (κ2) is 6.66. The molecule has 0 amide bonds. The number of aromatic nitrogens is 2. The predicted octanol–water partition coefficient (Wildman–Crippen LogP) is 4.17. The van der Waals surface area contributed by atoms with Gasteiger partial charge in [-0.15, -0.1) is 0 Å². The number of carbonyl (C=O) groups is 1. The molecule has 0 aliphatic carbocycles. The zero-order chi connectivity index (χ0) is 16.1. The van der Waals surface area contributed by atoms with E-state index in [1.54, 1.807) is 24.4 Å². The lowest BCUT2D eigenvalue weighted by molar-refractivity contribution is 0.0699. The fourth-order valence-corrected chi connectivity index (χ4v) is 2.29. The quantitative estimate of drug-likeness (QED) is 0.573. The third-order valence-electron chi connectivity index (χ3n) is 3.38. The van der Waals surface area contributed by atoms with Gasteiger partial charge in [0, 0.05) is 23.2 Å². The highest BCUT2D eigenvalue weighted by molar-refractivity contribution is 6.01. The van der Waals surface area contributed by atoms with E-state index in [0.717, 1.165) is 10.9 Å². The van der Waals surface area contributed by atoms with Gasteiger partial charge in [-0.25, -0.2) is 4.79 Å². The van der Waals surface area contributed by atoms with Crippen LogP contribution in [0, 0.1) is 0 Å². The van der Waals surface area contributed by atoms with Crippen LogP contribution in [-0.4, -0.2) is 21.0 Å². The van der Waals surface area contributed by atoms with Crippen LogP contribution in [0.25, 0.3) is 21.8 Å². The fourth-order valence-electron chi connectivity index (χ4n) is 2.29. The molecule has 0 saturated heterocycles. The van der Waals surface area contributed by atoms with Crippen LogP contribution in [0.15, 0.2) is 79.1 Å². The van der Waals surface area contributed by atoms with Crippen molar-refractivity contribution in [3.63, 3.8) is 0 Å². The minimum absolute atomic E-state index is 0.248. The van der Waals surface area contributed by atoms with E-state index in [1.165, 1.54) is 5.39 Å². The Morgan fingerprint density at radius 3 is 2.17 bits per heavy atom. The molecule has 23 heavy (non-hydrogen) atoms. The van der Waals surface area contributed by atoms with Crippen LogP contribution in [0.5, 0.6) is 0 Å². The summed E-state index contributed by atoms with van der Waals surface area (Å²) in [4.78, 5) is 19.0. The Kier molecular flexibility index (Phi) is 4.25. The van der Waals surface area contributed by atoms with Crippen molar-refractivity contribution in [3.8, 4) is 0 Å². The summed E-state index contributed by atoms with van der Waals surface area (Å²) in [5, 5.41) is 10.9. The van der Waals surface area contributed by atoms with Crippen LogP contribution in [-0.2, 0) is 0 Å². The molecule has 0 bridgehead atoms. The van der Waals surface area contributed by atoms with Gasteiger partial charge >= 0.3 is 5.97 Å². The van der Waals surface area contributed by atoms with Gasteiger partial charge in [0.2, 0.25) is 0 Å². The third kappa shape index (κ3) is 3.32. The summed E-state index contributed by atoms with van der Waals surface area (Å²) in [6, 6.07) is 20.8. The molecule has 0 aliphatic rings. The van der Waals surface area contributed by atoms with Gasteiger partial charge in [0.1, 0.15) is 0 Å². The summed E-state index contributed by atoms with van der Waals surface area (Å²) in [6.07, 6.45) is 3.40. The Hall–Kier alpha value is -3.27. The van der Waals surface area contributed by atoms with E-state index in [2.05, 4.69) is 22.1 Å². The Bertz CT molecular complexity index is 896. The van der Waals surface area contributed by atoms with Crippen LogP contribution in [0.2, 0.25) is 0 Å². The second-order valence-electron chi connectivity index (χ2n) is 4.88. The first-order valence-electron chi connectivity index (χ1n) is 7.12. The van der Waals surface area contributed by atoms with E-state index in [-0.39, 0.29) is 5.56 Å². The molecule has 0 unspecified atom stereocenters. The highest BCUT2D eigenvalue weighted by atomic mass is 16.4. The molecule has 4 nitrogen and oxygen atoms in total. The molecular weight excluding hydrogens is 288 g/mol. The number of hydrogen-bond acceptors (Lipinski definition) is 3. The smallest absolute Gasteiger partial charge is 0.337 e. The molecule has 1 N–H and O–H groups in total. The monoisotopic (exact) mass is 302 g/mol. The van der Waals surface area contributed by atoms with Crippen LogP contribution < -0.4 is 0 Å². The van der Waals surface area contributed by atoms with Crippen molar-refractivity contribution in [2.75, 3.05) is 0 Å². The number of carboxylic acids is 1. The first-order valence-corrected chi connectivity index (χ1v) is 7.12. The number of benzene rings is 2. The van der Waals surface area contributed by atoms with Gasteiger partial charge < -0.3 is 5.11 Å². The zero-order valence-electron chi connectivity index (χ0n) is 12.3. The van der Waals surface area contributed by atoms with Crippen molar-refractivity contribution >= 4 is 27.8 Å². The molecule has 0 radical (unpaired) electrons. The van der Waals surface area contributed by atoms with Gasteiger partial charge in [0.25, 0.3) is 0 Å². The van der Waals surface area contributed by atoms with E-state index in [1.807, 2.05) is 42.6 Å². The first-order chi connectivity index (χ1) is 11.3. The van der Waals surface area contributed by atoms with Crippen molar-refractivity contribution < 1.29 is 9.90 Å². The van der Waals surface area contributed by atoms with Crippen molar-refractivity contribution in [1.29, 1.82) is 0 Å². The average Bonchev–Trinajstić information content (AvgIpc) is 2.62. The molecular formula is C19H14N2O2. The van der Waals surface area contributed by atoms with Gasteiger partial charge in [-0.2, -0.15) is 0 Å². The molecule has 4 heteroatoms. The van der Waals surface area contributed by atoms with Gasteiger partial charge in [-0.1, -0.05) is 42.5 Å². The molecule has 0 fully saturated rings. The zero-order valence-corrected chi connectivity index (χ0v) is 12.3.